The lowest BCUT2D eigenvalue weighted by Gasteiger charge is -2.10. The standard InChI is InChI=1S/C21H16F3N5O.C15H11F3N4O.C6H6BrN.BrH/c22-21(23,24)30-18-7-5-15(6-8-18)13-17-3-1-2-4-19(17)20-26-28-29(27-20)14-16-9-11-25-12-10-16;16-15(17,18)23-12-7-5-10(6-8-12)9-11-3-1-2-4-13(11)14-19-21-22-20-14;7-5-6-1-3-8-4-2-6;/h1-12H,13-14H2;1-8H,9H2,(H,19,20,21,22);1-4H,5H2;1H. The van der Waals surface area contributed by atoms with Gasteiger partial charge in [0.15, 0.2) is 0 Å². The van der Waals surface area contributed by atoms with Crippen LogP contribution in [0.4, 0.5) is 26.3 Å². The molecule has 320 valence electrons. The molecule has 0 unspecified atom stereocenters. The summed E-state index contributed by atoms with van der Waals surface area (Å²) in [6.45, 7) is 0.471. The molecule has 0 aliphatic carbocycles. The molecular formula is C42H34Br2F6N10O2. The van der Waals surface area contributed by atoms with Crippen molar-refractivity contribution in [3.05, 3.63) is 179 Å². The highest BCUT2D eigenvalue weighted by Gasteiger charge is 2.31. The van der Waals surface area contributed by atoms with E-state index in [2.05, 4.69) is 71.4 Å². The lowest BCUT2D eigenvalue weighted by atomic mass is 9.99. The number of benzene rings is 4. The average Bonchev–Trinajstić information content (AvgIpc) is 3.96. The van der Waals surface area contributed by atoms with Gasteiger partial charge in [0.25, 0.3) is 0 Å². The Morgan fingerprint density at radius 2 is 1.02 bits per heavy atom. The van der Waals surface area contributed by atoms with E-state index >= 15 is 0 Å². The summed E-state index contributed by atoms with van der Waals surface area (Å²) in [7, 11) is 0. The highest BCUT2D eigenvalue weighted by Crippen LogP contribution is 2.28. The molecule has 0 saturated heterocycles. The van der Waals surface area contributed by atoms with Gasteiger partial charge in [0, 0.05) is 41.2 Å². The van der Waals surface area contributed by atoms with Crippen molar-refractivity contribution in [3.63, 3.8) is 0 Å². The summed E-state index contributed by atoms with van der Waals surface area (Å²) in [6, 6.07) is 34.4. The molecule has 4 heterocycles. The van der Waals surface area contributed by atoms with E-state index in [1.54, 1.807) is 49.1 Å². The van der Waals surface area contributed by atoms with E-state index in [9.17, 15) is 26.3 Å². The second-order valence-corrected chi connectivity index (χ2v) is 13.3. The van der Waals surface area contributed by atoms with Crippen LogP contribution in [0.15, 0.2) is 146 Å². The maximum Gasteiger partial charge on any atom is 0.573 e. The summed E-state index contributed by atoms with van der Waals surface area (Å²) >= 11 is 3.33. The van der Waals surface area contributed by atoms with E-state index in [1.807, 2.05) is 72.8 Å². The van der Waals surface area contributed by atoms with E-state index in [0.29, 0.717) is 31.0 Å². The second kappa shape index (κ2) is 22.3. The van der Waals surface area contributed by atoms with Gasteiger partial charge in [-0.3, -0.25) is 9.97 Å². The molecule has 4 aromatic heterocycles. The molecular weight excluding hydrogens is 950 g/mol. The highest BCUT2D eigenvalue weighted by atomic mass is 79.9. The average molecular weight is 985 g/mol. The number of aromatic nitrogens is 10. The lowest BCUT2D eigenvalue weighted by molar-refractivity contribution is -0.275. The van der Waals surface area contributed by atoms with Crippen LogP contribution in [0, 0.1) is 0 Å². The Kier molecular flexibility index (Phi) is 16.8. The number of nitrogens with one attached hydrogen (secondary N) is 1. The summed E-state index contributed by atoms with van der Waals surface area (Å²) in [4.78, 5) is 9.36. The van der Waals surface area contributed by atoms with Crippen LogP contribution in [0.1, 0.15) is 33.4 Å². The van der Waals surface area contributed by atoms with E-state index in [0.717, 1.165) is 44.3 Å². The predicted molar refractivity (Wildman–Crippen MR) is 225 cm³/mol. The van der Waals surface area contributed by atoms with Crippen molar-refractivity contribution >= 4 is 32.9 Å². The van der Waals surface area contributed by atoms with Crippen LogP contribution in [-0.2, 0) is 24.7 Å². The number of alkyl halides is 7. The largest absolute Gasteiger partial charge is 0.573 e. The second-order valence-electron chi connectivity index (χ2n) is 12.8. The van der Waals surface area contributed by atoms with E-state index < -0.39 is 12.7 Å². The Balaban J connectivity index is 0.000000200. The number of H-pyrrole nitrogens is 1. The van der Waals surface area contributed by atoms with Crippen molar-refractivity contribution in [2.24, 2.45) is 0 Å². The zero-order valence-corrected chi connectivity index (χ0v) is 35.4. The van der Waals surface area contributed by atoms with Gasteiger partial charge in [-0.05, 0) is 105 Å². The fourth-order valence-corrected chi connectivity index (χ4v) is 6.03. The molecule has 4 aromatic carbocycles. The van der Waals surface area contributed by atoms with Gasteiger partial charge in [-0.15, -0.1) is 63.7 Å². The first kappa shape index (κ1) is 46.5. The van der Waals surface area contributed by atoms with Crippen LogP contribution in [0.3, 0.4) is 0 Å². The Bertz CT molecular complexity index is 2530. The van der Waals surface area contributed by atoms with E-state index in [4.69, 9.17) is 0 Å². The van der Waals surface area contributed by atoms with Crippen LogP contribution in [0.5, 0.6) is 11.5 Å². The first-order chi connectivity index (χ1) is 29.4. The molecule has 0 amide bonds. The fraction of sp³-hybridized carbons (Fsp3) is 0.143. The third-order valence-corrected chi connectivity index (χ3v) is 9.04. The molecule has 0 radical (unpaired) electrons. The molecule has 0 atom stereocenters. The smallest absolute Gasteiger partial charge is 0.406 e. The van der Waals surface area contributed by atoms with E-state index in [1.165, 1.54) is 34.6 Å². The topological polar surface area (TPSA) is 142 Å². The minimum Gasteiger partial charge on any atom is -0.406 e. The molecule has 0 saturated carbocycles. The summed E-state index contributed by atoms with van der Waals surface area (Å²) in [6.07, 6.45) is -1.39. The van der Waals surface area contributed by atoms with Crippen molar-refractivity contribution in [2.45, 2.75) is 37.4 Å². The number of hydrogen-bond acceptors (Lipinski definition) is 10. The number of ether oxygens (including phenoxy) is 2. The van der Waals surface area contributed by atoms with Crippen LogP contribution in [0.25, 0.3) is 22.8 Å². The molecule has 0 aliphatic rings. The monoisotopic (exact) mass is 982 g/mol. The van der Waals surface area contributed by atoms with Crippen molar-refractivity contribution < 1.29 is 35.8 Å². The summed E-state index contributed by atoms with van der Waals surface area (Å²) in [5.41, 5.74) is 7.45. The van der Waals surface area contributed by atoms with Crippen LogP contribution in [-0.4, -0.2) is 63.5 Å². The molecule has 12 nitrogen and oxygen atoms in total. The summed E-state index contributed by atoms with van der Waals surface area (Å²) in [5.74, 6) is 0.460. The Hall–Kier alpha value is -6.54. The molecule has 20 heteroatoms. The first-order valence-electron chi connectivity index (χ1n) is 18.1. The summed E-state index contributed by atoms with van der Waals surface area (Å²) in [5, 5.41) is 27.5. The molecule has 0 fully saturated rings. The van der Waals surface area contributed by atoms with Crippen LogP contribution >= 0.6 is 32.9 Å². The van der Waals surface area contributed by atoms with Gasteiger partial charge in [0.05, 0.1) is 6.54 Å². The molecule has 0 spiro atoms. The Morgan fingerprint density at radius 3 is 1.45 bits per heavy atom. The number of nitrogens with zero attached hydrogens (tertiary/aromatic N) is 9. The third kappa shape index (κ3) is 14.9. The Morgan fingerprint density at radius 1 is 0.548 bits per heavy atom. The molecule has 0 aliphatic heterocycles. The van der Waals surface area contributed by atoms with Crippen LogP contribution < -0.4 is 9.47 Å². The molecule has 1 N–H and O–H groups in total. The predicted octanol–water partition coefficient (Wildman–Crippen LogP) is 10.2. The van der Waals surface area contributed by atoms with Gasteiger partial charge < -0.3 is 9.47 Å². The maximum absolute atomic E-state index is 12.3. The molecule has 8 aromatic rings. The molecule has 0 bridgehead atoms. The number of hydrogen-bond donors (Lipinski definition) is 1. The highest BCUT2D eigenvalue weighted by molar-refractivity contribution is 9.08. The minimum atomic E-state index is -4.71. The third-order valence-electron chi connectivity index (χ3n) is 8.39. The number of rotatable bonds is 11. The quantitative estimate of drug-likeness (QED) is 0.0983. The summed E-state index contributed by atoms with van der Waals surface area (Å²) < 4.78 is 81.2. The maximum atomic E-state index is 12.3. The van der Waals surface area contributed by atoms with Gasteiger partial charge in [0.1, 0.15) is 11.5 Å². The number of pyridine rings is 2. The zero-order valence-electron chi connectivity index (χ0n) is 32.1. The van der Waals surface area contributed by atoms with Gasteiger partial charge in [-0.1, -0.05) is 88.7 Å². The van der Waals surface area contributed by atoms with Gasteiger partial charge in [-0.2, -0.15) is 10.0 Å². The molecule has 62 heavy (non-hydrogen) atoms. The Labute approximate surface area is 369 Å². The number of tetrazole rings is 2. The number of aromatic amines is 1. The van der Waals surface area contributed by atoms with Crippen molar-refractivity contribution in [1.29, 1.82) is 0 Å². The van der Waals surface area contributed by atoms with Gasteiger partial charge in [0.2, 0.25) is 11.6 Å². The first-order valence-corrected chi connectivity index (χ1v) is 19.2. The van der Waals surface area contributed by atoms with Gasteiger partial charge in [-0.25, -0.2) is 0 Å². The van der Waals surface area contributed by atoms with Crippen LogP contribution in [0.2, 0.25) is 0 Å². The zero-order chi connectivity index (χ0) is 43.1. The van der Waals surface area contributed by atoms with Crippen molar-refractivity contribution in [3.8, 4) is 34.3 Å². The SMILES string of the molecule is Br.BrCc1ccncc1.FC(F)(F)Oc1ccc(Cc2ccccc2-c2nn[nH]n2)cc1.FC(F)(F)Oc1ccc(Cc2ccccc2-c2nnn(Cc3ccncc3)n2)cc1. The minimum absolute atomic E-state index is 0. The lowest BCUT2D eigenvalue weighted by Crippen LogP contribution is -2.17. The van der Waals surface area contributed by atoms with E-state index in [-0.39, 0.29) is 28.5 Å². The fourth-order valence-electron chi connectivity index (χ4n) is 5.66. The number of halogens is 8. The normalized spacial score (nSPS) is 11.0. The van der Waals surface area contributed by atoms with Crippen molar-refractivity contribution in [1.82, 2.24) is 50.8 Å². The molecule has 8 rings (SSSR count). The van der Waals surface area contributed by atoms with Crippen molar-refractivity contribution in [2.75, 3.05) is 0 Å². The van der Waals surface area contributed by atoms with Gasteiger partial charge >= 0.3 is 12.7 Å².